The maximum atomic E-state index is 13.0. The number of pyridine rings is 3. The molecule has 0 aliphatic carbocycles. The summed E-state index contributed by atoms with van der Waals surface area (Å²) in [6.45, 7) is 10.2. The Balaban J connectivity index is 2.09. The molecular weight excluding hydrogens is 456 g/mol. The zero-order valence-corrected chi connectivity index (χ0v) is 20.6. The molecule has 8 nitrogen and oxygen atoms in total. The maximum Gasteiger partial charge on any atom is 0.425 e. The first-order valence-corrected chi connectivity index (χ1v) is 10.9. The summed E-state index contributed by atoms with van der Waals surface area (Å²) in [4.78, 5) is 39.4. The second kappa shape index (κ2) is 9.65. The van der Waals surface area contributed by atoms with Gasteiger partial charge in [0, 0.05) is 29.4 Å². The van der Waals surface area contributed by atoms with Crippen molar-refractivity contribution in [2.45, 2.75) is 52.7 Å². The van der Waals surface area contributed by atoms with Gasteiger partial charge in [-0.05, 0) is 71.7 Å². The van der Waals surface area contributed by atoms with Crippen LogP contribution in [0.25, 0.3) is 10.8 Å². The fourth-order valence-electron chi connectivity index (χ4n) is 2.80. The van der Waals surface area contributed by atoms with Gasteiger partial charge in [0.05, 0.1) is 5.56 Å². The highest BCUT2D eigenvalue weighted by molar-refractivity contribution is 6.30. The van der Waals surface area contributed by atoms with Crippen molar-refractivity contribution in [2.75, 3.05) is 4.90 Å². The fourth-order valence-corrected chi connectivity index (χ4v) is 2.96. The molecule has 0 saturated carbocycles. The highest BCUT2D eigenvalue weighted by Crippen LogP contribution is 2.24. The van der Waals surface area contributed by atoms with Crippen LogP contribution in [0.5, 0.6) is 0 Å². The van der Waals surface area contributed by atoms with Crippen molar-refractivity contribution in [3.05, 3.63) is 59.3 Å². The van der Waals surface area contributed by atoms with Crippen LogP contribution in [0.3, 0.4) is 0 Å². The number of imide groups is 1. The van der Waals surface area contributed by atoms with Gasteiger partial charge in [-0.1, -0.05) is 17.5 Å². The first-order valence-electron chi connectivity index (χ1n) is 10.5. The van der Waals surface area contributed by atoms with E-state index >= 15 is 0 Å². The van der Waals surface area contributed by atoms with Gasteiger partial charge in [0.2, 0.25) is 0 Å². The smallest absolute Gasteiger partial charge is 0.425 e. The zero-order valence-electron chi connectivity index (χ0n) is 19.8. The number of halogens is 1. The molecule has 0 radical (unpaired) electrons. The van der Waals surface area contributed by atoms with Crippen molar-refractivity contribution in [1.82, 2.24) is 15.0 Å². The van der Waals surface area contributed by atoms with E-state index in [1.807, 2.05) is 0 Å². The van der Waals surface area contributed by atoms with E-state index in [1.54, 1.807) is 78.2 Å². The molecule has 3 aromatic rings. The number of fused-ring (bicyclic) bond motifs is 1. The second-order valence-electron chi connectivity index (χ2n) is 9.31. The Hall–Kier alpha value is -3.70. The summed E-state index contributed by atoms with van der Waals surface area (Å²) in [6.07, 6.45) is 2.84. The van der Waals surface area contributed by atoms with Gasteiger partial charge in [0.25, 0.3) is 0 Å². The predicted octanol–water partition coefficient (Wildman–Crippen LogP) is 5.75. The van der Waals surface area contributed by atoms with Crippen LogP contribution in [0.2, 0.25) is 5.15 Å². The van der Waals surface area contributed by atoms with Gasteiger partial charge in [-0.25, -0.2) is 24.5 Å². The molecule has 0 bridgehead atoms. The Bertz CT molecular complexity index is 1270. The van der Waals surface area contributed by atoms with Crippen LogP contribution >= 0.6 is 11.6 Å². The van der Waals surface area contributed by atoms with Crippen molar-refractivity contribution >= 4 is 40.4 Å². The molecule has 3 rings (SSSR count). The number of ether oxygens (including phenoxy) is 2. The van der Waals surface area contributed by atoms with Crippen molar-refractivity contribution in [3.63, 3.8) is 0 Å². The number of carbonyl (C=O) groups is 2. The van der Waals surface area contributed by atoms with E-state index in [0.29, 0.717) is 16.4 Å². The minimum Gasteiger partial charge on any atom is -0.443 e. The summed E-state index contributed by atoms with van der Waals surface area (Å²) in [5, 5.41) is 1.85. The molecule has 0 aromatic carbocycles. The molecule has 34 heavy (non-hydrogen) atoms. The molecule has 0 aliphatic heterocycles. The molecule has 0 N–H and O–H groups in total. The van der Waals surface area contributed by atoms with Crippen LogP contribution in [-0.2, 0) is 9.47 Å². The fraction of sp³-hybridized carbons (Fsp3) is 0.320. The number of anilines is 1. The minimum atomic E-state index is -0.926. The Labute approximate surface area is 203 Å². The number of nitrogens with zero attached hydrogens (tertiary/aromatic N) is 4. The normalized spacial score (nSPS) is 11.4. The molecule has 0 saturated heterocycles. The third-order valence-corrected chi connectivity index (χ3v) is 4.29. The Morgan fingerprint density at radius 2 is 1.56 bits per heavy atom. The Kier molecular flexibility index (Phi) is 7.08. The molecule has 0 aliphatic rings. The molecular formula is C25H25ClN4O4. The SMILES string of the molecule is CC(C)(C)OC(=O)N(C(=O)OC(C)(C)C)c1ncccc1C#Cc1nccc2cnc(Cl)cc12. The monoisotopic (exact) mass is 480 g/mol. The number of carbonyl (C=O) groups excluding carboxylic acids is 2. The van der Waals surface area contributed by atoms with E-state index < -0.39 is 23.4 Å². The molecule has 0 atom stereocenters. The van der Waals surface area contributed by atoms with Crippen LogP contribution in [0, 0.1) is 11.8 Å². The topological polar surface area (TPSA) is 94.5 Å². The first-order chi connectivity index (χ1) is 15.8. The summed E-state index contributed by atoms with van der Waals surface area (Å²) in [6, 6.07) is 6.75. The lowest BCUT2D eigenvalue weighted by Gasteiger charge is -2.28. The number of aromatic nitrogens is 3. The molecule has 0 spiro atoms. The summed E-state index contributed by atoms with van der Waals surface area (Å²) in [7, 11) is 0. The van der Waals surface area contributed by atoms with Crippen LogP contribution in [-0.4, -0.2) is 38.3 Å². The van der Waals surface area contributed by atoms with Gasteiger partial charge >= 0.3 is 12.2 Å². The van der Waals surface area contributed by atoms with Gasteiger partial charge in [-0.15, -0.1) is 0 Å². The summed E-state index contributed by atoms with van der Waals surface area (Å²) >= 11 is 6.04. The number of amides is 2. The van der Waals surface area contributed by atoms with Crippen molar-refractivity contribution < 1.29 is 19.1 Å². The molecule has 0 unspecified atom stereocenters. The number of rotatable bonds is 1. The van der Waals surface area contributed by atoms with Crippen LogP contribution in [0.4, 0.5) is 15.4 Å². The lowest BCUT2D eigenvalue weighted by Crippen LogP contribution is -2.44. The van der Waals surface area contributed by atoms with Gasteiger partial charge in [0.15, 0.2) is 5.82 Å². The van der Waals surface area contributed by atoms with E-state index in [-0.39, 0.29) is 5.82 Å². The zero-order chi connectivity index (χ0) is 25.1. The molecule has 2 amide bonds. The average Bonchev–Trinajstić information content (AvgIpc) is 2.70. The van der Waals surface area contributed by atoms with E-state index in [0.717, 1.165) is 15.7 Å². The van der Waals surface area contributed by atoms with Gasteiger partial charge < -0.3 is 9.47 Å². The van der Waals surface area contributed by atoms with E-state index in [4.69, 9.17) is 21.1 Å². The van der Waals surface area contributed by atoms with Crippen molar-refractivity contribution in [1.29, 1.82) is 0 Å². The Morgan fingerprint density at radius 1 is 0.912 bits per heavy atom. The van der Waals surface area contributed by atoms with Crippen molar-refractivity contribution in [2.24, 2.45) is 0 Å². The lowest BCUT2D eigenvalue weighted by atomic mass is 10.1. The lowest BCUT2D eigenvalue weighted by molar-refractivity contribution is 0.0429. The number of hydrogen-bond donors (Lipinski definition) is 0. The molecule has 3 aromatic heterocycles. The Morgan fingerprint density at radius 3 is 2.18 bits per heavy atom. The van der Waals surface area contributed by atoms with Crippen LogP contribution in [0.15, 0.2) is 42.9 Å². The minimum absolute atomic E-state index is 0.0153. The summed E-state index contributed by atoms with van der Waals surface area (Å²) < 4.78 is 10.9. The standard InChI is InChI=1S/C25H25ClN4O4/c1-24(2,3)33-22(31)30(23(32)34-25(4,5)6)21-16(8-7-12-28-21)9-10-19-18-14-20(26)29-15-17(18)11-13-27-19/h7-8,11-15H,1-6H3. The largest absolute Gasteiger partial charge is 0.443 e. The molecule has 0 fully saturated rings. The maximum absolute atomic E-state index is 13.0. The van der Waals surface area contributed by atoms with E-state index in [2.05, 4.69) is 26.8 Å². The highest BCUT2D eigenvalue weighted by Gasteiger charge is 2.34. The first kappa shape index (κ1) is 24.9. The average molecular weight is 481 g/mol. The second-order valence-corrected chi connectivity index (χ2v) is 9.70. The third kappa shape index (κ3) is 6.42. The van der Waals surface area contributed by atoms with Gasteiger partial charge in [-0.3, -0.25) is 0 Å². The number of hydrogen-bond acceptors (Lipinski definition) is 7. The van der Waals surface area contributed by atoms with Crippen molar-refractivity contribution in [3.8, 4) is 11.8 Å². The van der Waals surface area contributed by atoms with Crippen LogP contribution in [0.1, 0.15) is 52.8 Å². The van der Waals surface area contributed by atoms with Gasteiger partial charge in [0.1, 0.15) is 22.0 Å². The third-order valence-electron chi connectivity index (χ3n) is 4.08. The highest BCUT2D eigenvalue weighted by atomic mass is 35.5. The summed E-state index contributed by atoms with van der Waals surface area (Å²) in [5.41, 5.74) is -0.938. The molecule has 9 heteroatoms. The van der Waals surface area contributed by atoms with E-state index in [1.165, 1.54) is 6.20 Å². The molecule has 3 heterocycles. The van der Waals surface area contributed by atoms with Crippen LogP contribution < -0.4 is 4.90 Å². The summed E-state index contributed by atoms with van der Waals surface area (Å²) in [5.74, 6) is 5.93. The van der Waals surface area contributed by atoms with E-state index in [9.17, 15) is 9.59 Å². The predicted molar refractivity (Wildman–Crippen MR) is 130 cm³/mol. The molecule has 176 valence electrons. The van der Waals surface area contributed by atoms with Gasteiger partial charge in [-0.2, -0.15) is 4.90 Å². The quantitative estimate of drug-likeness (QED) is 0.323.